The van der Waals surface area contributed by atoms with Crippen LogP contribution in [-0.4, -0.2) is 48.6 Å². The molecule has 8 heteroatoms. The van der Waals surface area contributed by atoms with Crippen LogP contribution in [0.2, 0.25) is 0 Å². The molecule has 35 heavy (non-hydrogen) atoms. The van der Waals surface area contributed by atoms with Gasteiger partial charge in [-0.1, -0.05) is 36.4 Å². The summed E-state index contributed by atoms with van der Waals surface area (Å²) < 4.78 is 10.6. The number of thiocarbonyl (C=S) groups is 1. The number of hydrogen-bond donors (Lipinski definition) is 1. The van der Waals surface area contributed by atoms with Crippen molar-refractivity contribution >= 4 is 40.5 Å². The van der Waals surface area contributed by atoms with Crippen molar-refractivity contribution in [2.45, 2.75) is 18.9 Å². The second kappa shape index (κ2) is 11.0. The molecule has 1 aliphatic heterocycles. The van der Waals surface area contributed by atoms with E-state index in [1.165, 1.54) is 4.90 Å². The summed E-state index contributed by atoms with van der Waals surface area (Å²) in [4.78, 5) is 29.8. The second-order valence-corrected chi connectivity index (χ2v) is 8.41. The molecule has 1 aliphatic rings. The average molecular weight is 490 g/mol. The van der Waals surface area contributed by atoms with Crippen molar-refractivity contribution in [3.8, 4) is 11.5 Å². The Kier molecular flexibility index (Phi) is 7.62. The first-order chi connectivity index (χ1) is 17.0. The van der Waals surface area contributed by atoms with Crippen molar-refractivity contribution in [2.24, 2.45) is 0 Å². The highest BCUT2D eigenvalue weighted by atomic mass is 32.1. The van der Waals surface area contributed by atoms with E-state index in [9.17, 15) is 9.59 Å². The van der Waals surface area contributed by atoms with Gasteiger partial charge in [-0.2, -0.15) is 0 Å². The molecule has 0 bridgehead atoms. The minimum absolute atomic E-state index is 0.0275. The van der Waals surface area contributed by atoms with E-state index >= 15 is 0 Å². The van der Waals surface area contributed by atoms with E-state index in [0.717, 1.165) is 11.3 Å². The first-order valence-electron chi connectivity index (χ1n) is 11.3. The zero-order valence-electron chi connectivity index (χ0n) is 19.6. The molecule has 3 aromatic rings. The molecule has 0 spiro atoms. The summed E-state index contributed by atoms with van der Waals surface area (Å²) >= 11 is 5.74. The van der Waals surface area contributed by atoms with E-state index in [4.69, 9.17) is 21.7 Å². The van der Waals surface area contributed by atoms with Gasteiger partial charge in [-0.15, -0.1) is 0 Å². The number of nitrogens with one attached hydrogen (secondary N) is 1. The smallest absolute Gasteiger partial charge is 0.256 e. The lowest BCUT2D eigenvalue weighted by atomic mass is 10.1. The molecule has 1 heterocycles. The van der Waals surface area contributed by atoms with Gasteiger partial charge in [0.05, 0.1) is 26.3 Å². The largest absolute Gasteiger partial charge is 0.497 e. The van der Waals surface area contributed by atoms with Gasteiger partial charge in [0, 0.05) is 12.2 Å². The third-order valence-corrected chi connectivity index (χ3v) is 6.32. The van der Waals surface area contributed by atoms with Crippen LogP contribution in [0.5, 0.6) is 11.5 Å². The first kappa shape index (κ1) is 24.2. The monoisotopic (exact) mass is 489 g/mol. The van der Waals surface area contributed by atoms with Crippen molar-refractivity contribution in [1.29, 1.82) is 0 Å². The van der Waals surface area contributed by atoms with Crippen molar-refractivity contribution < 1.29 is 19.1 Å². The number of nitrogens with zero attached hydrogens (tertiary/aromatic N) is 2. The fourth-order valence-electron chi connectivity index (χ4n) is 4.11. The number of ether oxygens (including phenoxy) is 2. The molecule has 1 fully saturated rings. The summed E-state index contributed by atoms with van der Waals surface area (Å²) in [5, 5.41) is 3.25. The molecule has 1 atom stereocenters. The summed E-state index contributed by atoms with van der Waals surface area (Å²) in [6, 6.07) is 23.3. The number of anilines is 2. The Balaban J connectivity index is 1.54. The lowest BCUT2D eigenvalue weighted by Crippen LogP contribution is -2.39. The number of hydrogen-bond acceptors (Lipinski definition) is 5. The highest BCUT2D eigenvalue weighted by molar-refractivity contribution is 7.80. The number of methoxy groups -OCH3 is 2. The van der Waals surface area contributed by atoms with E-state index in [-0.39, 0.29) is 18.2 Å². The molecule has 0 unspecified atom stereocenters. The van der Waals surface area contributed by atoms with Gasteiger partial charge in [0.25, 0.3) is 5.91 Å². The van der Waals surface area contributed by atoms with Crippen LogP contribution in [0, 0.1) is 0 Å². The Morgan fingerprint density at radius 1 is 0.943 bits per heavy atom. The first-order valence-corrected chi connectivity index (χ1v) is 11.7. The Labute approximate surface area is 210 Å². The van der Waals surface area contributed by atoms with E-state index in [0.29, 0.717) is 35.2 Å². The number of amides is 2. The minimum atomic E-state index is -0.712. The van der Waals surface area contributed by atoms with Crippen LogP contribution in [0.1, 0.15) is 12.0 Å². The molecule has 180 valence electrons. The summed E-state index contributed by atoms with van der Waals surface area (Å²) in [7, 11) is 3.21. The number of carbonyl (C=O) groups is 2. The number of rotatable bonds is 9. The molecule has 4 rings (SSSR count). The third-order valence-electron chi connectivity index (χ3n) is 5.90. The van der Waals surface area contributed by atoms with E-state index in [2.05, 4.69) is 5.32 Å². The van der Waals surface area contributed by atoms with E-state index in [1.54, 1.807) is 38.5 Å². The lowest BCUT2D eigenvalue weighted by Gasteiger charge is -2.24. The van der Waals surface area contributed by atoms with Gasteiger partial charge in [0.15, 0.2) is 5.11 Å². The molecule has 0 saturated carbocycles. The summed E-state index contributed by atoms with van der Waals surface area (Å²) in [5.41, 5.74) is 2.32. The zero-order chi connectivity index (χ0) is 24.8. The molecule has 7 nitrogen and oxygen atoms in total. The van der Waals surface area contributed by atoms with Crippen molar-refractivity contribution in [3.05, 3.63) is 84.4 Å². The van der Waals surface area contributed by atoms with Crippen LogP contribution >= 0.6 is 12.2 Å². The van der Waals surface area contributed by atoms with Crippen LogP contribution < -0.4 is 19.7 Å². The SMILES string of the molecule is COc1ccc(NC(=O)C[C@@H]2C(=O)N(c3ccccc3)C(=S)N2CCc2ccccc2OC)cc1. The Morgan fingerprint density at radius 3 is 2.31 bits per heavy atom. The Hall–Kier alpha value is -3.91. The van der Waals surface area contributed by atoms with E-state index < -0.39 is 6.04 Å². The summed E-state index contributed by atoms with van der Waals surface area (Å²) in [5.74, 6) is 0.984. The highest BCUT2D eigenvalue weighted by Gasteiger charge is 2.43. The molecule has 0 aromatic heterocycles. The molecule has 3 aromatic carbocycles. The highest BCUT2D eigenvalue weighted by Crippen LogP contribution is 2.28. The molecule has 1 saturated heterocycles. The van der Waals surface area contributed by atoms with Crippen molar-refractivity contribution in [3.63, 3.8) is 0 Å². The van der Waals surface area contributed by atoms with Crippen LogP contribution in [0.15, 0.2) is 78.9 Å². The number of benzene rings is 3. The Bertz CT molecular complexity index is 1200. The van der Waals surface area contributed by atoms with Gasteiger partial charge >= 0.3 is 0 Å². The number of carbonyl (C=O) groups excluding carboxylic acids is 2. The fourth-order valence-corrected chi connectivity index (χ4v) is 4.53. The molecular weight excluding hydrogens is 462 g/mol. The predicted octanol–water partition coefficient (Wildman–Crippen LogP) is 4.28. The van der Waals surface area contributed by atoms with Gasteiger partial charge in [0.1, 0.15) is 17.5 Å². The molecule has 2 amide bonds. The standard InChI is InChI=1S/C27H27N3O4S/c1-33-22-14-12-20(13-15-22)28-25(31)18-23-26(32)30(21-9-4-3-5-10-21)27(35)29(23)17-16-19-8-6-7-11-24(19)34-2/h3-15,23H,16-18H2,1-2H3,(H,28,31)/t23-/m1/s1. The summed E-state index contributed by atoms with van der Waals surface area (Å²) in [6.07, 6.45) is 0.580. The maximum Gasteiger partial charge on any atom is 0.256 e. The van der Waals surface area contributed by atoms with Crippen LogP contribution in [-0.2, 0) is 16.0 Å². The summed E-state index contributed by atoms with van der Waals surface area (Å²) in [6.45, 7) is 0.467. The maximum atomic E-state index is 13.5. The van der Waals surface area contributed by atoms with Crippen LogP contribution in [0.3, 0.4) is 0 Å². The normalized spacial score (nSPS) is 15.3. The average Bonchev–Trinajstić information content (AvgIpc) is 3.12. The topological polar surface area (TPSA) is 71.1 Å². The zero-order valence-corrected chi connectivity index (χ0v) is 20.5. The van der Waals surface area contributed by atoms with Crippen molar-refractivity contribution in [1.82, 2.24) is 4.90 Å². The quantitative estimate of drug-likeness (QED) is 0.453. The minimum Gasteiger partial charge on any atom is -0.497 e. The third kappa shape index (κ3) is 5.44. The molecule has 1 N–H and O–H groups in total. The van der Waals surface area contributed by atoms with Gasteiger partial charge in [-0.3, -0.25) is 14.5 Å². The molecule has 0 radical (unpaired) electrons. The van der Waals surface area contributed by atoms with E-state index in [1.807, 2.05) is 59.5 Å². The predicted molar refractivity (Wildman–Crippen MR) is 140 cm³/mol. The number of para-hydroxylation sites is 2. The van der Waals surface area contributed by atoms with Crippen LogP contribution in [0.4, 0.5) is 11.4 Å². The molecular formula is C27H27N3O4S. The van der Waals surface area contributed by atoms with Gasteiger partial charge in [-0.25, -0.2) is 0 Å². The van der Waals surface area contributed by atoms with Gasteiger partial charge in [0.2, 0.25) is 5.91 Å². The van der Waals surface area contributed by atoms with Gasteiger partial charge < -0.3 is 19.7 Å². The second-order valence-electron chi connectivity index (χ2n) is 8.04. The maximum absolute atomic E-state index is 13.5. The molecule has 0 aliphatic carbocycles. The van der Waals surface area contributed by atoms with Gasteiger partial charge in [-0.05, 0) is 66.7 Å². The Morgan fingerprint density at radius 2 is 1.63 bits per heavy atom. The van der Waals surface area contributed by atoms with Crippen LogP contribution in [0.25, 0.3) is 0 Å². The lowest BCUT2D eigenvalue weighted by molar-refractivity contribution is -0.124. The van der Waals surface area contributed by atoms with Crippen molar-refractivity contribution in [2.75, 3.05) is 31.0 Å². The fraction of sp³-hybridized carbons (Fsp3) is 0.222.